The second-order valence-corrected chi connectivity index (χ2v) is 5.10. The number of nitrogens with one attached hydrogen (secondary N) is 2. The van der Waals surface area contributed by atoms with Crippen LogP contribution >= 0.6 is 0 Å². The first-order chi connectivity index (χ1) is 9.67. The summed E-state index contributed by atoms with van der Waals surface area (Å²) in [5, 5.41) is 6.64. The average Bonchev–Trinajstić information content (AvgIpc) is 2.47. The van der Waals surface area contributed by atoms with Crippen LogP contribution in [0.15, 0.2) is 35.3 Å². The molecule has 112 valence electrons. The predicted molar refractivity (Wildman–Crippen MR) is 85.3 cm³/mol. The van der Waals surface area contributed by atoms with E-state index >= 15 is 0 Å². The summed E-state index contributed by atoms with van der Waals surface area (Å²) >= 11 is 0. The fourth-order valence-corrected chi connectivity index (χ4v) is 2.08. The molecule has 0 saturated carbocycles. The van der Waals surface area contributed by atoms with Crippen molar-refractivity contribution in [2.24, 2.45) is 4.99 Å². The average molecular weight is 277 g/mol. The largest absolute Gasteiger partial charge is 0.383 e. The highest BCUT2D eigenvalue weighted by atomic mass is 16.5. The van der Waals surface area contributed by atoms with Crippen LogP contribution in [-0.2, 0) is 4.74 Å². The van der Waals surface area contributed by atoms with E-state index in [9.17, 15) is 0 Å². The standard InChI is InChI=1S/C16H27N3O/c1-13(15-8-6-5-7-9-15)10-11-18-16(17-3)19-14(2)12-20-4/h5-9,13-14H,10-12H2,1-4H3,(H2,17,18,19). The van der Waals surface area contributed by atoms with E-state index in [1.807, 2.05) is 0 Å². The van der Waals surface area contributed by atoms with E-state index in [1.54, 1.807) is 14.2 Å². The molecule has 0 amide bonds. The van der Waals surface area contributed by atoms with Crippen molar-refractivity contribution >= 4 is 5.96 Å². The molecule has 2 N–H and O–H groups in total. The van der Waals surface area contributed by atoms with Crippen molar-refractivity contribution in [3.05, 3.63) is 35.9 Å². The Hall–Kier alpha value is -1.55. The van der Waals surface area contributed by atoms with E-state index in [0.717, 1.165) is 18.9 Å². The van der Waals surface area contributed by atoms with Gasteiger partial charge in [-0.05, 0) is 24.8 Å². The number of nitrogens with zero attached hydrogens (tertiary/aromatic N) is 1. The van der Waals surface area contributed by atoms with Gasteiger partial charge in [0.05, 0.1) is 6.61 Å². The smallest absolute Gasteiger partial charge is 0.191 e. The second-order valence-electron chi connectivity index (χ2n) is 5.10. The molecule has 0 radical (unpaired) electrons. The zero-order chi connectivity index (χ0) is 14.8. The van der Waals surface area contributed by atoms with Gasteiger partial charge in [-0.3, -0.25) is 4.99 Å². The van der Waals surface area contributed by atoms with Crippen molar-refractivity contribution in [3.63, 3.8) is 0 Å². The summed E-state index contributed by atoms with van der Waals surface area (Å²) in [6, 6.07) is 10.8. The number of aliphatic imine (C=N–C) groups is 1. The molecule has 0 heterocycles. The Morgan fingerprint density at radius 1 is 1.25 bits per heavy atom. The molecule has 1 aromatic carbocycles. The Bertz CT molecular complexity index is 392. The minimum absolute atomic E-state index is 0.248. The van der Waals surface area contributed by atoms with Gasteiger partial charge >= 0.3 is 0 Å². The molecule has 4 nitrogen and oxygen atoms in total. The summed E-state index contributed by atoms with van der Waals surface area (Å²) in [5.74, 6) is 1.37. The molecule has 2 unspecified atom stereocenters. The molecule has 0 bridgehead atoms. The lowest BCUT2D eigenvalue weighted by atomic mass is 9.98. The molecular weight excluding hydrogens is 250 g/mol. The summed E-state index contributed by atoms with van der Waals surface area (Å²) in [4.78, 5) is 4.22. The molecule has 0 saturated heterocycles. The maximum absolute atomic E-state index is 5.10. The molecule has 0 aliphatic carbocycles. The summed E-state index contributed by atoms with van der Waals surface area (Å²) in [6.45, 7) is 5.89. The van der Waals surface area contributed by atoms with Gasteiger partial charge < -0.3 is 15.4 Å². The van der Waals surface area contributed by atoms with Crippen LogP contribution in [0.1, 0.15) is 31.7 Å². The van der Waals surface area contributed by atoms with Gasteiger partial charge in [0.15, 0.2) is 5.96 Å². The first kappa shape index (κ1) is 16.5. The maximum Gasteiger partial charge on any atom is 0.191 e. The molecule has 0 aliphatic heterocycles. The van der Waals surface area contributed by atoms with Crippen LogP contribution in [0.3, 0.4) is 0 Å². The Morgan fingerprint density at radius 3 is 2.55 bits per heavy atom. The Balaban J connectivity index is 2.31. The summed E-state index contributed by atoms with van der Waals surface area (Å²) < 4.78 is 5.10. The molecule has 0 aromatic heterocycles. The molecule has 0 aliphatic rings. The normalized spacial score (nSPS) is 14.7. The topological polar surface area (TPSA) is 45.7 Å². The van der Waals surface area contributed by atoms with Gasteiger partial charge in [0.1, 0.15) is 0 Å². The van der Waals surface area contributed by atoms with Crippen LogP contribution < -0.4 is 10.6 Å². The maximum atomic E-state index is 5.10. The molecule has 1 rings (SSSR count). The van der Waals surface area contributed by atoms with Gasteiger partial charge in [-0.1, -0.05) is 37.3 Å². The van der Waals surface area contributed by atoms with Crippen LogP contribution in [0.4, 0.5) is 0 Å². The Morgan fingerprint density at radius 2 is 1.95 bits per heavy atom. The number of ether oxygens (including phenoxy) is 1. The van der Waals surface area contributed by atoms with E-state index < -0.39 is 0 Å². The molecule has 20 heavy (non-hydrogen) atoms. The van der Waals surface area contributed by atoms with E-state index in [2.05, 4.69) is 59.8 Å². The summed E-state index contributed by atoms with van der Waals surface area (Å²) in [7, 11) is 3.49. The minimum atomic E-state index is 0.248. The van der Waals surface area contributed by atoms with Crippen molar-refractivity contribution in [1.82, 2.24) is 10.6 Å². The quantitative estimate of drug-likeness (QED) is 0.594. The van der Waals surface area contributed by atoms with Crippen LogP contribution in [0.25, 0.3) is 0 Å². The lowest BCUT2D eigenvalue weighted by molar-refractivity contribution is 0.179. The molecular formula is C16H27N3O. The third-order valence-electron chi connectivity index (χ3n) is 3.26. The van der Waals surface area contributed by atoms with E-state index in [-0.39, 0.29) is 6.04 Å². The number of hydrogen-bond donors (Lipinski definition) is 2. The van der Waals surface area contributed by atoms with Crippen LogP contribution in [-0.4, -0.2) is 39.3 Å². The third kappa shape index (κ3) is 6.06. The van der Waals surface area contributed by atoms with Gasteiger partial charge in [-0.25, -0.2) is 0 Å². The van der Waals surface area contributed by atoms with Crippen molar-refractivity contribution in [3.8, 4) is 0 Å². The van der Waals surface area contributed by atoms with Gasteiger partial charge in [-0.2, -0.15) is 0 Å². The molecule has 0 fully saturated rings. The first-order valence-electron chi connectivity index (χ1n) is 7.18. The molecule has 0 spiro atoms. The fourth-order valence-electron chi connectivity index (χ4n) is 2.08. The van der Waals surface area contributed by atoms with Crippen molar-refractivity contribution in [1.29, 1.82) is 0 Å². The number of methoxy groups -OCH3 is 1. The zero-order valence-electron chi connectivity index (χ0n) is 13.0. The van der Waals surface area contributed by atoms with Gasteiger partial charge in [0, 0.05) is 26.7 Å². The lowest BCUT2D eigenvalue weighted by Crippen LogP contribution is -2.44. The number of benzene rings is 1. The molecule has 1 aromatic rings. The van der Waals surface area contributed by atoms with Crippen LogP contribution in [0, 0.1) is 0 Å². The highest BCUT2D eigenvalue weighted by Gasteiger charge is 2.07. The number of guanidine groups is 1. The Kier molecular flexibility index (Phi) is 7.73. The summed E-state index contributed by atoms with van der Waals surface area (Å²) in [6.07, 6.45) is 1.07. The second kappa shape index (κ2) is 9.37. The van der Waals surface area contributed by atoms with E-state index in [4.69, 9.17) is 4.74 Å². The van der Waals surface area contributed by atoms with E-state index in [0.29, 0.717) is 12.5 Å². The monoisotopic (exact) mass is 277 g/mol. The summed E-state index contributed by atoms with van der Waals surface area (Å²) in [5.41, 5.74) is 1.38. The molecule has 2 atom stereocenters. The highest BCUT2D eigenvalue weighted by molar-refractivity contribution is 5.79. The number of rotatable bonds is 7. The van der Waals surface area contributed by atoms with Gasteiger partial charge in [0.25, 0.3) is 0 Å². The lowest BCUT2D eigenvalue weighted by Gasteiger charge is -2.18. The fraction of sp³-hybridized carbons (Fsp3) is 0.562. The predicted octanol–water partition coefficient (Wildman–Crippen LogP) is 2.38. The number of hydrogen-bond acceptors (Lipinski definition) is 2. The molecule has 4 heteroatoms. The van der Waals surface area contributed by atoms with Crippen LogP contribution in [0.5, 0.6) is 0 Å². The van der Waals surface area contributed by atoms with Crippen molar-refractivity contribution in [2.45, 2.75) is 32.2 Å². The zero-order valence-corrected chi connectivity index (χ0v) is 13.0. The van der Waals surface area contributed by atoms with Crippen molar-refractivity contribution < 1.29 is 4.74 Å². The SMILES string of the molecule is CN=C(NCCC(C)c1ccccc1)NC(C)COC. The van der Waals surface area contributed by atoms with Gasteiger partial charge in [0.2, 0.25) is 0 Å². The van der Waals surface area contributed by atoms with E-state index in [1.165, 1.54) is 5.56 Å². The minimum Gasteiger partial charge on any atom is -0.383 e. The van der Waals surface area contributed by atoms with Crippen molar-refractivity contribution in [2.75, 3.05) is 27.3 Å². The van der Waals surface area contributed by atoms with Crippen LogP contribution in [0.2, 0.25) is 0 Å². The van der Waals surface area contributed by atoms with Gasteiger partial charge in [-0.15, -0.1) is 0 Å². The third-order valence-corrected chi connectivity index (χ3v) is 3.26. The first-order valence-corrected chi connectivity index (χ1v) is 7.18. The highest BCUT2D eigenvalue weighted by Crippen LogP contribution is 2.17. The Labute approximate surface area is 122 Å².